The molecule has 0 saturated carbocycles. The molecular weight excluding hydrogens is 424 g/mol. The summed E-state index contributed by atoms with van der Waals surface area (Å²) in [4.78, 5) is 31.6. The zero-order valence-electron chi connectivity index (χ0n) is 17.3. The summed E-state index contributed by atoms with van der Waals surface area (Å²) in [5.74, 6) is 0.726. The van der Waals surface area contributed by atoms with Gasteiger partial charge in [-0.15, -0.1) is 11.3 Å². The Balaban J connectivity index is 1.27. The average molecular weight is 447 g/mol. The van der Waals surface area contributed by atoms with Gasteiger partial charge < -0.3 is 9.30 Å². The number of hydrogen-bond acceptors (Lipinski definition) is 5. The molecule has 2 amide bonds. The van der Waals surface area contributed by atoms with Gasteiger partial charge >= 0.3 is 0 Å². The highest BCUT2D eigenvalue weighted by molar-refractivity contribution is 7.14. The highest BCUT2D eigenvalue weighted by Gasteiger charge is 2.19. The number of carbonyl (C=O) groups excluding carboxylic acids is 2. The van der Waals surface area contributed by atoms with Crippen LogP contribution in [0.5, 0.6) is 5.75 Å². The van der Waals surface area contributed by atoms with E-state index in [1.165, 1.54) is 21.8 Å². The molecule has 0 spiro atoms. The van der Waals surface area contributed by atoms with Crippen LogP contribution in [0, 0.1) is 0 Å². The van der Waals surface area contributed by atoms with Crippen LogP contribution in [-0.2, 0) is 30.8 Å². The fourth-order valence-electron chi connectivity index (χ4n) is 3.89. The largest absolute Gasteiger partial charge is 0.486 e. The molecule has 2 N–H and O–H groups in total. The number of nitrogens with zero attached hydrogens (tertiary/aromatic N) is 2. The molecule has 2 aromatic carbocycles. The molecule has 0 aliphatic heterocycles. The maximum absolute atomic E-state index is 12.6. The van der Waals surface area contributed by atoms with Crippen LogP contribution in [0.15, 0.2) is 60.7 Å². The minimum atomic E-state index is -0.341. The van der Waals surface area contributed by atoms with Crippen molar-refractivity contribution in [2.24, 2.45) is 0 Å². The number of hydrogen-bond donors (Lipinski definition) is 2. The molecule has 1 aliphatic rings. The molecule has 32 heavy (non-hydrogen) atoms. The summed E-state index contributed by atoms with van der Waals surface area (Å²) in [5, 5.41) is 0. The number of hydrazine groups is 1. The van der Waals surface area contributed by atoms with Gasteiger partial charge in [0.15, 0.2) is 0 Å². The highest BCUT2D eigenvalue weighted by atomic mass is 32.1. The van der Waals surface area contributed by atoms with Crippen molar-refractivity contribution in [2.45, 2.75) is 32.4 Å². The monoisotopic (exact) mass is 446 g/mol. The first kappa shape index (κ1) is 20.3. The predicted octanol–water partition coefficient (Wildman–Crippen LogP) is 3.63. The van der Waals surface area contributed by atoms with E-state index in [0.717, 1.165) is 36.0 Å². The summed E-state index contributed by atoms with van der Waals surface area (Å²) < 4.78 is 7.65. The number of nitrogens with one attached hydrogen (secondary N) is 2. The second-order valence-corrected chi connectivity index (χ2v) is 8.76. The quantitative estimate of drug-likeness (QED) is 0.443. The van der Waals surface area contributed by atoms with Crippen LogP contribution in [0.3, 0.4) is 0 Å². The number of imidazole rings is 1. The van der Waals surface area contributed by atoms with Gasteiger partial charge in [-0.1, -0.05) is 30.3 Å². The van der Waals surface area contributed by atoms with Crippen LogP contribution in [0.25, 0.3) is 11.0 Å². The molecule has 0 radical (unpaired) electrons. The maximum atomic E-state index is 12.6. The van der Waals surface area contributed by atoms with Crippen LogP contribution >= 0.6 is 11.3 Å². The van der Waals surface area contributed by atoms with Gasteiger partial charge in [-0.05, 0) is 55.2 Å². The van der Waals surface area contributed by atoms with Gasteiger partial charge in [0.25, 0.3) is 11.8 Å². The molecule has 8 heteroatoms. The minimum Gasteiger partial charge on any atom is -0.486 e. The maximum Gasteiger partial charge on any atom is 0.279 e. The van der Waals surface area contributed by atoms with Crippen molar-refractivity contribution in [2.75, 3.05) is 0 Å². The third kappa shape index (κ3) is 4.22. The van der Waals surface area contributed by atoms with Crippen molar-refractivity contribution in [1.29, 1.82) is 0 Å². The SMILES string of the molecule is O=C(Cn1c(COc2ccccc2)nc2ccccc21)NNC(=O)c1cc2c(s1)CCC2. The first-order chi connectivity index (χ1) is 15.7. The number of para-hydroxylation sites is 3. The number of carbonyl (C=O) groups is 2. The van der Waals surface area contributed by atoms with E-state index in [1.807, 2.05) is 60.7 Å². The zero-order chi connectivity index (χ0) is 21.9. The molecule has 2 aromatic heterocycles. The Morgan fingerprint density at radius 3 is 2.69 bits per heavy atom. The second kappa shape index (κ2) is 8.84. The number of ether oxygens (including phenoxy) is 1. The van der Waals surface area contributed by atoms with E-state index in [2.05, 4.69) is 15.8 Å². The van der Waals surface area contributed by atoms with Gasteiger partial charge in [-0.2, -0.15) is 0 Å². The van der Waals surface area contributed by atoms with Crippen molar-refractivity contribution >= 4 is 34.2 Å². The summed E-state index contributed by atoms with van der Waals surface area (Å²) in [6.45, 7) is 0.230. The fraction of sp³-hybridized carbons (Fsp3) is 0.208. The summed E-state index contributed by atoms with van der Waals surface area (Å²) in [7, 11) is 0. The Labute approximate surface area is 189 Å². The molecular formula is C24H22N4O3S. The van der Waals surface area contributed by atoms with E-state index in [1.54, 1.807) is 4.57 Å². The number of aryl methyl sites for hydroxylation is 2. The van der Waals surface area contributed by atoms with Crippen LogP contribution in [0.4, 0.5) is 0 Å². The third-order valence-electron chi connectivity index (χ3n) is 5.43. The third-order valence-corrected chi connectivity index (χ3v) is 6.67. The van der Waals surface area contributed by atoms with Gasteiger partial charge in [0.2, 0.25) is 0 Å². The van der Waals surface area contributed by atoms with E-state index in [-0.39, 0.29) is 25.0 Å². The molecule has 0 fully saturated rings. The van der Waals surface area contributed by atoms with Crippen molar-refractivity contribution < 1.29 is 14.3 Å². The summed E-state index contributed by atoms with van der Waals surface area (Å²) >= 11 is 1.50. The Kier molecular flexibility index (Phi) is 5.60. The molecule has 1 aliphatic carbocycles. The molecule has 0 saturated heterocycles. The Hall–Kier alpha value is -3.65. The number of rotatable bonds is 6. The summed E-state index contributed by atoms with van der Waals surface area (Å²) in [6, 6.07) is 19.0. The second-order valence-electron chi connectivity index (χ2n) is 7.62. The van der Waals surface area contributed by atoms with E-state index in [4.69, 9.17) is 4.74 Å². The first-order valence-electron chi connectivity index (χ1n) is 10.5. The lowest BCUT2D eigenvalue weighted by atomic mass is 10.2. The molecule has 4 aromatic rings. The van der Waals surface area contributed by atoms with Crippen molar-refractivity contribution in [3.05, 3.63) is 81.8 Å². The standard InChI is InChI=1S/C24H22N4O3S/c29-23(26-27-24(30)21-13-16-7-6-12-20(16)32-21)14-28-19-11-5-4-10-18(19)25-22(28)15-31-17-8-2-1-3-9-17/h1-5,8-11,13H,6-7,12,14-15H2,(H,26,29)(H,27,30). The van der Waals surface area contributed by atoms with Gasteiger partial charge in [-0.3, -0.25) is 20.4 Å². The molecule has 0 bridgehead atoms. The number of benzene rings is 2. The van der Waals surface area contributed by atoms with E-state index in [0.29, 0.717) is 10.7 Å². The topological polar surface area (TPSA) is 85.2 Å². The Morgan fingerprint density at radius 2 is 1.84 bits per heavy atom. The molecule has 2 heterocycles. The normalized spacial score (nSPS) is 12.5. The summed E-state index contributed by atoms with van der Waals surface area (Å²) in [5.41, 5.74) is 7.92. The minimum absolute atomic E-state index is 0.00914. The molecule has 162 valence electrons. The molecule has 7 nitrogen and oxygen atoms in total. The lowest BCUT2D eigenvalue weighted by molar-refractivity contribution is -0.122. The number of aromatic nitrogens is 2. The Bertz CT molecular complexity index is 1260. The van der Waals surface area contributed by atoms with Crippen LogP contribution in [0.2, 0.25) is 0 Å². The van der Waals surface area contributed by atoms with Crippen LogP contribution in [-0.4, -0.2) is 21.4 Å². The predicted molar refractivity (Wildman–Crippen MR) is 122 cm³/mol. The highest BCUT2D eigenvalue weighted by Crippen LogP contribution is 2.30. The lowest BCUT2D eigenvalue weighted by Crippen LogP contribution is -2.43. The van der Waals surface area contributed by atoms with E-state index in [9.17, 15) is 9.59 Å². The zero-order valence-corrected chi connectivity index (χ0v) is 18.2. The molecule has 0 atom stereocenters. The number of amides is 2. The van der Waals surface area contributed by atoms with Gasteiger partial charge in [0.1, 0.15) is 24.7 Å². The summed E-state index contributed by atoms with van der Waals surface area (Å²) in [6.07, 6.45) is 3.20. The van der Waals surface area contributed by atoms with Crippen LogP contribution < -0.4 is 15.6 Å². The molecule has 0 unspecified atom stereocenters. The van der Waals surface area contributed by atoms with Gasteiger partial charge in [0.05, 0.1) is 15.9 Å². The van der Waals surface area contributed by atoms with Gasteiger partial charge in [-0.25, -0.2) is 4.98 Å². The first-order valence-corrected chi connectivity index (χ1v) is 11.3. The van der Waals surface area contributed by atoms with Crippen molar-refractivity contribution in [3.63, 3.8) is 0 Å². The fourth-order valence-corrected chi connectivity index (χ4v) is 5.04. The average Bonchev–Trinajstić information content (AvgIpc) is 3.51. The van der Waals surface area contributed by atoms with Gasteiger partial charge in [0, 0.05) is 4.88 Å². The number of fused-ring (bicyclic) bond motifs is 2. The lowest BCUT2D eigenvalue weighted by Gasteiger charge is -2.11. The van der Waals surface area contributed by atoms with E-state index >= 15 is 0 Å². The van der Waals surface area contributed by atoms with E-state index < -0.39 is 0 Å². The van der Waals surface area contributed by atoms with Crippen molar-refractivity contribution in [1.82, 2.24) is 20.4 Å². The Morgan fingerprint density at radius 1 is 1.03 bits per heavy atom. The van der Waals surface area contributed by atoms with Crippen LogP contribution in [0.1, 0.15) is 32.4 Å². The number of thiophene rings is 1. The van der Waals surface area contributed by atoms with Crippen molar-refractivity contribution in [3.8, 4) is 5.75 Å². The molecule has 5 rings (SSSR count). The smallest absolute Gasteiger partial charge is 0.279 e.